The summed E-state index contributed by atoms with van der Waals surface area (Å²) in [6.45, 7) is 4.05. The van der Waals surface area contributed by atoms with Gasteiger partial charge in [-0.15, -0.1) is 0 Å². The van der Waals surface area contributed by atoms with Crippen LogP contribution in [0.15, 0.2) is 54.7 Å². The fourth-order valence-corrected chi connectivity index (χ4v) is 3.30. The van der Waals surface area contributed by atoms with E-state index in [1.165, 1.54) is 6.20 Å². The van der Waals surface area contributed by atoms with E-state index in [0.29, 0.717) is 23.4 Å². The highest BCUT2D eigenvalue weighted by Gasteiger charge is 2.21. The zero-order valence-electron chi connectivity index (χ0n) is 17.3. The minimum atomic E-state index is -1.02. The molecule has 156 valence electrons. The fraction of sp³-hybridized carbons (Fsp3) is 0.261. The molecule has 1 aromatic heterocycles. The van der Waals surface area contributed by atoms with Gasteiger partial charge in [-0.1, -0.05) is 36.8 Å². The molecule has 1 amide bonds. The van der Waals surface area contributed by atoms with Crippen LogP contribution in [0.1, 0.15) is 50.5 Å². The number of benzene rings is 2. The van der Waals surface area contributed by atoms with Crippen LogP contribution in [0, 0.1) is 6.92 Å². The smallest absolute Gasteiger partial charge is 0.339 e. The second kappa shape index (κ2) is 9.26. The van der Waals surface area contributed by atoms with Crippen LogP contribution in [0.2, 0.25) is 0 Å². The van der Waals surface area contributed by atoms with Crippen molar-refractivity contribution < 1.29 is 19.4 Å². The molecule has 0 aliphatic heterocycles. The molecule has 0 saturated heterocycles. The first-order valence-corrected chi connectivity index (χ1v) is 9.73. The van der Waals surface area contributed by atoms with Crippen LogP contribution in [-0.4, -0.2) is 40.4 Å². The topological polar surface area (TPSA) is 93.5 Å². The Bertz CT molecular complexity index is 1040. The van der Waals surface area contributed by atoms with E-state index in [9.17, 15) is 14.7 Å². The first kappa shape index (κ1) is 21.1. The van der Waals surface area contributed by atoms with Crippen LogP contribution in [0.5, 0.6) is 5.75 Å². The van der Waals surface area contributed by atoms with Crippen LogP contribution < -0.4 is 10.1 Å². The predicted octanol–water partition coefficient (Wildman–Crippen LogP) is 3.48. The summed E-state index contributed by atoms with van der Waals surface area (Å²) in [6, 6.07) is 14.4. The van der Waals surface area contributed by atoms with Gasteiger partial charge in [0.2, 0.25) is 0 Å². The summed E-state index contributed by atoms with van der Waals surface area (Å²) in [7, 11) is 1.59. The highest BCUT2D eigenvalue weighted by Crippen LogP contribution is 2.22. The quantitative estimate of drug-likeness (QED) is 0.596. The molecular formula is C23H25N3O4. The van der Waals surface area contributed by atoms with E-state index in [2.05, 4.69) is 10.4 Å². The van der Waals surface area contributed by atoms with Gasteiger partial charge in [-0.25, -0.2) is 4.79 Å². The molecule has 3 rings (SSSR count). The maximum absolute atomic E-state index is 12.6. The predicted molar refractivity (Wildman–Crippen MR) is 113 cm³/mol. The normalized spacial score (nSPS) is 11.7. The van der Waals surface area contributed by atoms with E-state index >= 15 is 0 Å². The minimum Gasteiger partial charge on any atom is -0.497 e. The minimum absolute atomic E-state index is 0.168. The highest BCUT2D eigenvalue weighted by molar-refractivity contribution is 5.94. The summed E-state index contributed by atoms with van der Waals surface area (Å²) in [4.78, 5) is 24.2. The Labute approximate surface area is 175 Å². The zero-order valence-corrected chi connectivity index (χ0v) is 17.3. The summed E-state index contributed by atoms with van der Waals surface area (Å²) >= 11 is 0. The van der Waals surface area contributed by atoms with E-state index in [-0.39, 0.29) is 24.1 Å². The number of aromatic carboxylic acids is 1. The average Bonchev–Trinajstić information content (AvgIpc) is 3.19. The van der Waals surface area contributed by atoms with Crippen molar-refractivity contribution >= 4 is 11.9 Å². The molecule has 0 saturated carbocycles. The van der Waals surface area contributed by atoms with Crippen LogP contribution in [0.4, 0.5) is 0 Å². The molecule has 3 aromatic rings. The summed E-state index contributed by atoms with van der Waals surface area (Å²) < 4.78 is 6.84. The van der Waals surface area contributed by atoms with Gasteiger partial charge >= 0.3 is 5.97 Å². The lowest BCUT2D eigenvalue weighted by molar-refractivity contribution is 0.0695. The molecule has 0 spiro atoms. The molecule has 0 aliphatic carbocycles. The van der Waals surface area contributed by atoms with E-state index in [0.717, 1.165) is 11.1 Å². The second-order valence-electron chi connectivity index (χ2n) is 7.00. The number of nitrogens with one attached hydrogen (secondary N) is 1. The first-order valence-electron chi connectivity index (χ1n) is 9.73. The number of carboxylic acid groups (broad SMARTS) is 1. The number of hydrogen-bond donors (Lipinski definition) is 2. The third kappa shape index (κ3) is 4.68. The number of carboxylic acids is 1. The molecule has 1 unspecified atom stereocenters. The Morgan fingerprint density at radius 3 is 2.50 bits per heavy atom. The SMILES string of the molecule is CCc1nn(C(CNC(=O)c2cccc(C)c2)c2ccc(OC)cc2)cc1C(=O)O. The lowest BCUT2D eigenvalue weighted by Crippen LogP contribution is -2.31. The second-order valence-corrected chi connectivity index (χ2v) is 7.00. The van der Waals surface area contributed by atoms with Gasteiger partial charge < -0.3 is 15.2 Å². The molecule has 2 N–H and O–H groups in total. The Balaban J connectivity index is 1.91. The van der Waals surface area contributed by atoms with Crippen molar-refractivity contribution in [2.45, 2.75) is 26.3 Å². The maximum atomic E-state index is 12.6. The van der Waals surface area contributed by atoms with Gasteiger partial charge in [-0.3, -0.25) is 9.48 Å². The largest absolute Gasteiger partial charge is 0.497 e. The van der Waals surface area contributed by atoms with Gasteiger partial charge in [-0.2, -0.15) is 5.10 Å². The number of ether oxygens (including phenoxy) is 1. The summed E-state index contributed by atoms with van der Waals surface area (Å²) in [5, 5.41) is 16.9. The molecule has 7 heteroatoms. The van der Waals surface area contributed by atoms with Gasteiger partial charge in [0.15, 0.2) is 0 Å². The van der Waals surface area contributed by atoms with Crippen LogP contribution in [-0.2, 0) is 6.42 Å². The molecule has 0 radical (unpaired) electrons. The van der Waals surface area contributed by atoms with Crippen LogP contribution in [0.25, 0.3) is 0 Å². The Morgan fingerprint density at radius 2 is 1.93 bits per heavy atom. The molecule has 1 atom stereocenters. The van der Waals surface area contributed by atoms with Crippen molar-refractivity contribution in [3.63, 3.8) is 0 Å². The van der Waals surface area contributed by atoms with Crippen molar-refractivity contribution in [3.8, 4) is 5.75 Å². The van der Waals surface area contributed by atoms with Crippen molar-refractivity contribution in [3.05, 3.63) is 82.7 Å². The zero-order chi connectivity index (χ0) is 21.7. The average molecular weight is 407 g/mol. The number of nitrogens with zero attached hydrogens (tertiary/aromatic N) is 2. The third-order valence-corrected chi connectivity index (χ3v) is 4.93. The maximum Gasteiger partial charge on any atom is 0.339 e. The van der Waals surface area contributed by atoms with Crippen molar-refractivity contribution in [2.24, 2.45) is 0 Å². The number of aromatic nitrogens is 2. The number of carbonyl (C=O) groups excluding carboxylic acids is 1. The third-order valence-electron chi connectivity index (χ3n) is 4.93. The molecule has 0 fully saturated rings. The lowest BCUT2D eigenvalue weighted by atomic mass is 10.1. The van der Waals surface area contributed by atoms with Gasteiger partial charge in [-0.05, 0) is 43.2 Å². The van der Waals surface area contributed by atoms with E-state index < -0.39 is 5.97 Å². The monoisotopic (exact) mass is 407 g/mol. The number of amides is 1. The van der Waals surface area contributed by atoms with E-state index in [1.807, 2.05) is 56.3 Å². The van der Waals surface area contributed by atoms with Crippen LogP contribution >= 0.6 is 0 Å². The van der Waals surface area contributed by atoms with Gasteiger partial charge in [0, 0.05) is 18.3 Å². The number of methoxy groups -OCH3 is 1. The Kier molecular flexibility index (Phi) is 6.51. The highest BCUT2D eigenvalue weighted by atomic mass is 16.5. The summed E-state index contributed by atoms with van der Waals surface area (Å²) in [5.74, 6) is -0.504. The molecular weight excluding hydrogens is 382 g/mol. The van der Waals surface area contributed by atoms with Gasteiger partial charge in [0.05, 0.1) is 18.8 Å². The van der Waals surface area contributed by atoms with Gasteiger partial charge in [0.25, 0.3) is 5.91 Å². The summed E-state index contributed by atoms with van der Waals surface area (Å²) in [5.41, 5.74) is 3.12. The number of aryl methyl sites for hydroxylation is 2. The van der Waals surface area contributed by atoms with Crippen molar-refractivity contribution in [1.82, 2.24) is 15.1 Å². The Hall–Kier alpha value is -3.61. The van der Waals surface area contributed by atoms with Crippen LogP contribution in [0.3, 0.4) is 0 Å². The van der Waals surface area contributed by atoms with Crippen molar-refractivity contribution in [2.75, 3.05) is 13.7 Å². The Morgan fingerprint density at radius 1 is 1.20 bits per heavy atom. The first-order chi connectivity index (χ1) is 14.4. The molecule has 7 nitrogen and oxygen atoms in total. The molecule has 0 aliphatic rings. The molecule has 30 heavy (non-hydrogen) atoms. The molecule has 0 bridgehead atoms. The van der Waals surface area contributed by atoms with E-state index in [1.54, 1.807) is 17.9 Å². The standard InChI is InChI=1S/C23H25N3O4/c1-4-20-19(23(28)29)14-26(25-20)21(16-8-10-18(30-3)11-9-16)13-24-22(27)17-7-5-6-15(2)12-17/h5-12,14,21H,4,13H2,1-3H3,(H,24,27)(H,28,29). The number of carbonyl (C=O) groups is 2. The van der Waals surface area contributed by atoms with E-state index in [4.69, 9.17) is 4.74 Å². The molecule has 1 heterocycles. The summed E-state index contributed by atoms with van der Waals surface area (Å²) in [6.07, 6.45) is 2.02. The number of rotatable bonds is 8. The molecule has 2 aromatic carbocycles. The van der Waals surface area contributed by atoms with Crippen molar-refractivity contribution in [1.29, 1.82) is 0 Å². The van der Waals surface area contributed by atoms with Gasteiger partial charge in [0.1, 0.15) is 11.3 Å². The fourth-order valence-electron chi connectivity index (χ4n) is 3.30. The lowest BCUT2D eigenvalue weighted by Gasteiger charge is -2.19. The number of hydrogen-bond acceptors (Lipinski definition) is 4.